The van der Waals surface area contributed by atoms with Gasteiger partial charge in [-0.3, -0.25) is 0 Å². The van der Waals surface area contributed by atoms with Crippen LogP contribution < -0.4 is 4.72 Å². The number of halogens is 3. The minimum Gasteiger partial charge on any atom is -0.206 e. The summed E-state index contributed by atoms with van der Waals surface area (Å²) >= 11 is 13.6. The molecule has 2 rings (SSSR count). The zero-order chi connectivity index (χ0) is 14.9. The van der Waals surface area contributed by atoms with E-state index >= 15 is 0 Å². The smallest absolute Gasteiger partial charge is 0.206 e. The Labute approximate surface area is 143 Å². The summed E-state index contributed by atoms with van der Waals surface area (Å²) in [5.41, 5.74) is 0.873. The minimum absolute atomic E-state index is 0.188. The summed E-state index contributed by atoms with van der Waals surface area (Å²) < 4.78 is 28.9. The second-order valence-electron chi connectivity index (χ2n) is 4.05. The van der Waals surface area contributed by atoms with Crippen LogP contribution in [0.1, 0.15) is 18.5 Å². The molecule has 1 aromatic carbocycles. The van der Waals surface area contributed by atoms with Crippen LogP contribution in [-0.2, 0) is 10.0 Å². The summed E-state index contributed by atoms with van der Waals surface area (Å²) in [6.07, 6.45) is 0. The van der Waals surface area contributed by atoms with E-state index < -0.39 is 10.0 Å². The van der Waals surface area contributed by atoms with E-state index in [1.807, 2.05) is 24.3 Å². The number of hydrogen-bond donors (Lipinski definition) is 1. The molecule has 8 heteroatoms. The summed E-state index contributed by atoms with van der Waals surface area (Å²) in [4.78, 5) is 0. The molecule has 1 heterocycles. The molecule has 0 amide bonds. The number of sulfonamides is 1. The summed E-state index contributed by atoms with van der Waals surface area (Å²) in [5.74, 6) is 0. The molecule has 0 saturated heterocycles. The van der Waals surface area contributed by atoms with E-state index in [0.717, 1.165) is 21.4 Å². The Morgan fingerprint density at radius 3 is 2.50 bits per heavy atom. The fraction of sp³-hybridized carbons (Fsp3) is 0.167. The van der Waals surface area contributed by atoms with Gasteiger partial charge in [0.1, 0.15) is 4.21 Å². The van der Waals surface area contributed by atoms with Crippen LogP contribution in [-0.4, -0.2) is 8.42 Å². The van der Waals surface area contributed by atoms with E-state index in [1.165, 1.54) is 6.07 Å². The van der Waals surface area contributed by atoms with Crippen molar-refractivity contribution in [3.8, 4) is 0 Å². The van der Waals surface area contributed by atoms with Crippen molar-refractivity contribution in [3.05, 3.63) is 49.2 Å². The first kappa shape index (κ1) is 16.5. The van der Waals surface area contributed by atoms with Gasteiger partial charge in [0, 0.05) is 10.5 Å². The molecule has 3 nitrogen and oxygen atoms in total. The Kier molecular flexibility index (Phi) is 5.31. The van der Waals surface area contributed by atoms with Crippen LogP contribution in [0.15, 0.2) is 42.8 Å². The maximum absolute atomic E-state index is 12.3. The van der Waals surface area contributed by atoms with Crippen LogP contribution in [0.25, 0.3) is 0 Å². The molecule has 0 radical (unpaired) electrons. The van der Waals surface area contributed by atoms with Gasteiger partial charge in [-0.25, -0.2) is 13.1 Å². The molecule has 2 aromatic rings. The molecule has 0 aliphatic heterocycles. The predicted octanol–water partition coefficient (Wildman–Crippen LogP) is 4.97. The number of nitrogens with one attached hydrogen (secondary N) is 1. The largest absolute Gasteiger partial charge is 0.250 e. The number of benzene rings is 1. The first-order valence-corrected chi connectivity index (χ1v) is 9.79. The molecule has 0 fully saturated rings. The minimum atomic E-state index is -3.59. The summed E-state index contributed by atoms with van der Waals surface area (Å²) in [7, 11) is -3.59. The zero-order valence-corrected chi connectivity index (χ0v) is 15.8. The number of thiophene rings is 1. The van der Waals surface area contributed by atoms with Gasteiger partial charge in [0.05, 0.1) is 8.81 Å². The highest BCUT2D eigenvalue weighted by molar-refractivity contribution is 9.11. The predicted molar refractivity (Wildman–Crippen MR) is 89.9 cm³/mol. The van der Waals surface area contributed by atoms with Crippen molar-refractivity contribution >= 4 is 64.8 Å². The Bertz CT molecular complexity index is 711. The third-order valence-corrected chi connectivity index (χ3v) is 7.80. The van der Waals surface area contributed by atoms with Crippen molar-refractivity contribution < 1.29 is 8.42 Å². The third-order valence-electron chi connectivity index (χ3n) is 2.59. The van der Waals surface area contributed by atoms with Gasteiger partial charge < -0.3 is 0 Å². The fourth-order valence-corrected chi connectivity index (χ4v) is 5.91. The quantitative estimate of drug-likeness (QED) is 0.702. The van der Waals surface area contributed by atoms with Gasteiger partial charge in [0.25, 0.3) is 10.0 Å². The normalized spacial score (nSPS) is 13.4. The van der Waals surface area contributed by atoms with Crippen LogP contribution in [0.2, 0.25) is 5.02 Å². The standard InChI is InChI=1S/C12H10Br2ClNO2S2/c1-7(8-4-2-3-5-9(8)13)16-20(17,18)11-6-10(15)12(14)19-11/h2-7,16H,1H3. The Morgan fingerprint density at radius 1 is 1.30 bits per heavy atom. The van der Waals surface area contributed by atoms with E-state index in [4.69, 9.17) is 11.6 Å². The maximum Gasteiger partial charge on any atom is 0.250 e. The summed E-state index contributed by atoms with van der Waals surface area (Å²) in [6.45, 7) is 1.79. The van der Waals surface area contributed by atoms with Gasteiger partial charge in [-0.15, -0.1) is 11.3 Å². The average Bonchev–Trinajstić information content (AvgIpc) is 2.70. The second-order valence-corrected chi connectivity index (χ2v) is 9.62. The monoisotopic (exact) mass is 457 g/mol. The van der Waals surface area contributed by atoms with Gasteiger partial charge in [-0.1, -0.05) is 45.7 Å². The highest BCUT2D eigenvalue weighted by Gasteiger charge is 2.22. The van der Waals surface area contributed by atoms with Gasteiger partial charge >= 0.3 is 0 Å². The lowest BCUT2D eigenvalue weighted by Gasteiger charge is -2.15. The molecular formula is C12H10Br2ClNO2S2. The summed E-state index contributed by atoms with van der Waals surface area (Å²) in [5, 5.41) is 0.393. The molecule has 0 aliphatic rings. The van der Waals surface area contributed by atoms with E-state index in [1.54, 1.807) is 6.92 Å². The molecule has 108 valence electrons. The Hall–Kier alpha value is 0.0800. The number of rotatable bonds is 4. The molecule has 1 unspecified atom stereocenters. The van der Waals surface area contributed by atoms with Crippen molar-refractivity contribution in [2.24, 2.45) is 0 Å². The highest BCUT2D eigenvalue weighted by atomic mass is 79.9. The lowest BCUT2D eigenvalue weighted by atomic mass is 10.1. The molecule has 20 heavy (non-hydrogen) atoms. The highest BCUT2D eigenvalue weighted by Crippen LogP contribution is 2.35. The molecule has 0 aliphatic carbocycles. The zero-order valence-electron chi connectivity index (χ0n) is 10.2. The first-order valence-electron chi connectivity index (χ1n) is 5.53. The Balaban J connectivity index is 2.27. The van der Waals surface area contributed by atoms with Gasteiger partial charge in [-0.05, 0) is 40.5 Å². The molecule has 0 saturated carbocycles. The van der Waals surface area contributed by atoms with Gasteiger partial charge in [0.15, 0.2) is 0 Å². The van der Waals surface area contributed by atoms with E-state index in [-0.39, 0.29) is 10.3 Å². The van der Waals surface area contributed by atoms with Gasteiger partial charge in [-0.2, -0.15) is 0 Å². The topological polar surface area (TPSA) is 46.2 Å². The SMILES string of the molecule is CC(NS(=O)(=O)c1cc(Cl)c(Br)s1)c1ccccc1Br. The van der Waals surface area contributed by atoms with Gasteiger partial charge in [0.2, 0.25) is 0 Å². The van der Waals surface area contributed by atoms with Crippen molar-refractivity contribution in [1.29, 1.82) is 0 Å². The van der Waals surface area contributed by atoms with Crippen LogP contribution in [0.4, 0.5) is 0 Å². The first-order chi connectivity index (χ1) is 9.31. The molecular weight excluding hydrogens is 450 g/mol. The molecule has 0 bridgehead atoms. The number of hydrogen-bond acceptors (Lipinski definition) is 3. The van der Waals surface area contributed by atoms with Crippen molar-refractivity contribution in [3.63, 3.8) is 0 Å². The summed E-state index contributed by atoms with van der Waals surface area (Å²) in [6, 6.07) is 8.57. The van der Waals surface area contributed by atoms with E-state index in [2.05, 4.69) is 36.6 Å². The fourth-order valence-electron chi connectivity index (χ4n) is 1.64. The van der Waals surface area contributed by atoms with Crippen LogP contribution in [0.3, 0.4) is 0 Å². The van der Waals surface area contributed by atoms with E-state index in [0.29, 0.717) is 8.81 Å². The van der Waals surface area contributed by atoms with Crippen LogP contribution in [0.5, 0.6) is 0 Å². The van der Waals surface area contributed by atoms with Crippen LogP contribution in [0, 0.1) is 0 Å². The van der Waals surface area contributed by atoms with Crippen molar-refractivity contribution in [2.45, 2.75) is 17.2 Å². The van der Waals surface area contributed by atoms with E-state index in [9.17, 15) is 8.42 Å². The lowest BCUT2D eigenvalue weighted by molar-refractivity contribution is 0.568. The van der Waals surface area contributed by atoms with Crippen LogP contribution >= 0.6 is 54.8 Å². The lowest BCUT2D eigenvalue weighted by Crippen LogP contribution is -2.26. The molecule has 1 aromatic heterocycles. The third kappa shape index (κ3) is 3.64. The average molecular weight is 460 g/mol. The molecule has 1 N–H and O–H groups in total. The molecule has 0 spiro atoms. The maximum atomic E-state index is 12.3. The van der Waals surface area contributed by atoms with Crippen molar-refractivity contribution in [2.75, 3.05) is 0 Å². The second kappa shape index (κ2) is 6.46. The Morgan fingerprint density at radius 2 is 1.95 bits per heavy atom. The van der Waals surface area contributed by atoms with Crippen molar-refractivity contribution in [1.82, 2.24) is 4.72 Å². The molecule has 1 atom stereocenters.